The van der Waals surface area contributed by atoms with E-state index in [0.29, 0.717) is 6.04 Å². The van der Waals surface area contributed by atoms with Gasteiger partial charge in [-0.05, 0) is 40.2 Å². The molecule has 72 valence electrons. The van der Waals surface area contributed by atoms with E-state index in [2.05, 4.69) is 26.1 Å². The normalized spacial score (nSPS) is 25.8. The first-order valence-electron chi connectivity index (χ1n) is 4.95. The SMILES string of the molecule is CC(C)(C)OC[C@H]1CCCCN1. The number of piperidine rings is 1. The molecule has 1 aliphatic rings. The standard InChI is InChI=1S/C10H21NO/c1-10(2,3)12-8-9-6-4-5-7-11-9/h9,11H,4-8H2,1-3H3/t9-/m1/s1. The van der Waals surface area contributed by atoms with Crippen LogP contribution < -0.4 is 5.32 Å². The maximum Gasteiger partial charge on any atom is 0.0626 e. The van der Waals surface area contributed by atoms with Crippen LogP contribution in [0.25, 0.3) is 0 Å². The molecule has 1 saturated heterocycles. The molecule has 2 nitrogen and oxygen atoms in total. The maximum atomic E-state index is 5.71. The molecule has 0 aromatic carbocycles. The molecule has 0 aromatic heterocycles. The number of rotatable bonds is 2. The minimum absolute atomic E-state index is 0.0130. The summed E-state index contributed by atoms with van der Waals surface area (Å²) in [5.41, 5.74) is 0.0130. The maximum absolute atomic E-state index is 5.71. The van der Waals surface area contributed by atoms with Crippen LogP contribution in [0.15, 0.2) is 0 Å². The predicted molar refractivity (Wildman–Crippen MR) is 51.3 cm³/mol. The molecule has 0 bridgehead atoms. The van der Waals surface area contributed by atoms with Gasteiger partial charge in [-0.2, -0.15) is 0 Å². The summed E-state index contributed by atoms with van der Waals surface area (Å²) >= 11 is 0. The lowest BCUT2D eigenvalue weighted by Gasteiger charge is -2.27. The van der Waals surface area contributed by atoms with Crippen molar-refractivity contribution >= 4 is 0 Å². The van der Waals surface area contributed by atoms with Gasteiger partial charge in [-0.25, -0.2) is 0 Å². The van der Waals surface area contributed by atoms with E-state index < -0.39 is 0 Å². The predicted octanol–water partition coefficient (Wildman–Crippen LogP) is 1.94. The smallest absolute Gasteiger partial charge is 0.0626 e. The van der Waals surface area contributed by atoms with Crippen LogP contribution in [0, 0.1) is 0 Å². The zero-order chi connectivity index (χ0) is 9.03. The minimum atomic E-state index is 0.0130. The molecule has 0 aliphatic carbocycles. The van der Waals surface area contributed by atoms with Gasteiger partial charge in [-0.1, -0.05) is 6.42 Å². The van der Waals surface area contributed by atoms with Crippen molar-refractivity contribution < 1.29 is 4.74 Å². The molecular weight excluding hydrogens is 150 g/mol. The summed E-state index contributed by atoms with van der Waals surface area (Å²) in [5.74, 6) is 0. The first kappa shape index (κ1) is 10.0. The quantitative estimate of drug-likeness (QED) is 0.685. The molecule has 0 spiro atoms. The van der Waals surface area contributed by atoms with Crippen LogP contribution in [0.3, 0.4) is 0 Å². The minimum Gasteiger partial charge on any atom is -0.374 e. The van der Waals surface area contributed by atoms with Crippen LogP contribution in [0.2, 0.25) is 0 Å². The van der Waals surface area contributed by atoms with Gasteiger partial charge in [0.15, 0.2) is 0 Å². The van der Waals surface area contributed by atoms with E-state index in [1.807, 2.05) is 0 Å². The molecule has 12 heavy (non-hydrogen) atoms. The van der Waals surface area contributed by atoms with Gasteiger partial charge in [0.1, 0.15) is 0 Å². The molecule has 0 radical (unpaired) electrons. The first-order valence-corrected chi connectivity index (χ1v) is 4.95. The molecule has 1 atom stereocenters. The van der Waals surface area contributed by atoms with Crippen LogP contribution >= 0.6 is 0 Å². The van der Waals surface area contributed by atoms with E-state index in [4.69, 9.17) is 4.74 Å². The van der Waals surface area contributed by atoms with Gasteiger partial charge in [0.05, 0.1) is 12.2 Å². The Labute approximate surface area is 75.7 Å². The highest BCUT2D eigenvalue weighted by Crippen LogP contribution is 2.12. The number of hydrogen-bond acceptors (Lipinski definition) is 2. The first-order chi connectivity index (χ1) is 5.58. The van der Waals surface area contributed by atoms with Crippen LogP contribution in [0.5, 0.6) is 0 Å². The van der Waals surface area contributed by atoms with Crippen LogP contribution in [-0.2, 0) is 4.74 Å². The van der Waals surface area contributed by atoms with Gasteiger partial charge in [-0.3, -0.25) is 0 Å². The van der Waals surface area contributed by atoms with Crippen LogP contribution in [-0.4, -0.2) is 24.8 Å². The van der Waals surface area contributed by atoms with Crippen LogP contribution in [0.4, 0.5) is 0 Å². The van der Waals surface area contributed by atoms with E-state index in [1.165, 1.54) is 19.3 Å². The zero-order valence-electron chi connectivity index (χ0n) is 8.52. The molecule has 0 saturated carbocycles. The van der Waals surface area contributed by atoms with Crippen molar-refractivity contribution in [1.29, 1.82) is 0 Å². The van der Waals surface area contributed by atoms with Crippen molar-refractivity contribution in [2.45, 2.75) is 51.7 Å². The van der Waals surface area contributed by atoms with Crippen molar-refractivity contribution in [2.24, 2.45) is 0 Å². The topological polar surface area (TPSA) is 21.3 Å². The summed E-state index contributed by atoms with van der Waals surface area (Å²) in [7, 11) is 0. The third-order valence-electron chi connectivity index (χ3n) is 2.13. The Morgan fingerprint density at radius 2 is 2.08 bits per heavy atom. The van der Waals surface area contributed by atoms with Crippen molar-refractivity contribution in [3.05, 3.63) is 0 Å². The summed E-state index contributed by atoms with van der Waals surface area (Å²) in [4.78, 5) is 0. The lowest BCUT2D eigenvalue weighted by Crippen LogP contribution is -2.39. The zero-order valence-corrected chi connectivity index (χ0v) is 8.52. The Kier molecular flexibility index (Phi) is 3.53. The van der Waals surface area contributed by atoms with Crippen molar-refractivity contribution in [3.63, 3.8) is 0 Å². The molecule has 0 amide bonds. The molecule has 0 unspecified atom stereocenters. The lowest BCUT2D eigenvalue weighted by molar-refractivity contribution is -0.0174. The van der Waals surface area contributed by atoms with E-state index in [1.54, 1.807) is 0 Å². The number of ether oxygens (including phenoxy) is 1. The largest absolute Gasteiger partial charge is 0.374 e. The third-order valence-corrected chi connectivity index (χ3v) is 2.13. The highest BCUT2D eigenvalue weighted by molar-refractivity contribution is 4.73. The average Bonchev–Trinajstić information content (AvgIpc) is 2.02. The van der Waals surface area contributed by atoms with Gasteiger partial charge < -0.3 is 10.1 Å². The highest BCUT2D eigenvalue weighted by Gasteiger charge is 2.16. The molecule has 2 heteroatoms. The molecule has 1 N–H and O–H groups in total. The van der Waals surface area contributed by atoms with E-state index in [0.717, 1.165) is 13.2 Å². The van der Waals surface area contributed by atoms with E-state index in [9.17, 15) is 0 Å². The fourth-order valence-electron chi connectivity index (χ4n) is 1.42. The summed E-state index contributed by atoms with van der Waals surface area (Å²) in [6.45, 7) is 8.35. The van der Waals surface area contributed by atoms with Gasteiger partial charge in [0.25, 0.3) is 0 Å². The summed E-state index contributed by atoms with van der Waals surface area (Å²) in [5, 5.41) is 3.47. The molecule has 1 fully saturated rings. The fourth-order valence-corrected chi connectivity index (χ4v) is 1.42. The Morgan fingerprint density at radius 3 is 2.58 bits per heavy atom. The molecule has 1 heterocycles. The van der Waals surface area contributed by atoms with Gasteiger partial charge in [0.2, 0.25) is 0 Å². The third kappa shape index (κ3) is 4.07. The second-order valence-corrected chi connectivity index (χ2v) is 4.57. The lowest BCUT2D eigenvalue weighted by atomic mass is 10.1. The number of nitrogens with one attached hydrogen (secondary N) is 1. The van der Waals surface area contributed by atoms with Crippen molar-refractivity contribution in [2.75, 3.05) is 13.2 Å². The Bertz CT molecular complexity index is 122. The molecule has 1 aliphatic heterocycles. The Morgan fingerprint density at radius 1 is 1.33 bits per heavy atom. The fraction of sp³-hybridized carbons (Fsp3) is 1.00. The van der Waals surface area contributed by atoms with E-state index >= 15 is 0 Å². The van der Waals surface area contributed by atoms with Gasteiger partial charge in [-0.15, -0.1) is 0 Å². The van der Waals surface area contributed by atoms with Gasteiger partial charge in [0, 0.05) is 6.04 Å². The van der Waals surface area contributed by atoms with Gasteiger partial charge >= 0.3 is 0 Å². The number of hydrogen-bond donors (Lipinski definition) is 1. The highest BCUT2D eigenvalue weighted by atomic mass is 16.5. The Balaban J connectivity index is 2.13. The summed E-state index contributed by atoms with van der Waals surface area (Å²) < 4.78 is 5.71. The summed E-state index contributed by atoms with van der Waals surface area (Å²) in [6, 6.07) is 0.595. The summed E-state index contributed by atoms with van der Waals surface area (Å²) in [6.07, 6.45) is 3.95. The molecule has 0 aromatic rings. The van der Waals surface area contributed by atoms with Crippen molar-refractivity contribution in [1.82, 2.24) is 5.32 Å². The van der Waals surface area contributed by atoms with Crippen LogP contribution in [0.1, 0.15) is 40.0 Å². The average molecular weight is 171 g/mol. The van der Waals surface area contributed by atoms with E-state index in [-0.39, 0.29) is 5.60 Å². The second-order valence-electron chi connectivity index (χ2n) is 4.57. The Hall–Kier alpha value is -0.0800. The molecular formula is C10H21NO. The molecule has 1 rings (SSSR count). The monoisotopic (exact) mass is 171 g/mol. The second kappa shape index (κ2) is 4.24. The van der Waals surface area contributed by atoms with Crippen molar-refractivity contribution in [3.8, 4) is 0 Å².